The number of thioether (sulfide) groups is 1. The molecular weight excluding hydrogens is 277 g/mol. The van der Waals surface area contributed by atoms with Crippen molar-refractivity contribution in [2.45, 2.75) is 25.3 Å². The third-order valence-corrected chi connectivity index (χ3v) is 4.30. The van der Waals surface area contributed by atoms with Crippen LogP contribution in [0.25, 0.3) is 0 Å². The highest BCUT2D eigenvalue weighted by Crippen LogP contribution is 2.28. The van der Waals surface area contributed by atoms with E-state index in [4.69, 9.17) is 0 Å². The van der Waals surface area contributed by atoms with Gasteiger partial charge in [-0.1, -0.05) is 12.1 Å². The first-order chi connectivity index (χ1) is 8.94. The van der Waals surface area contributed by atoms with E-state index in [-0.39, 0.29) is 11.7 Å². The Morgan fingerprint density at radius 2 is 2.00 bits per heavy atom. The fourth-order valence-corrected chi connectivity index (χ4v) is 3.42. The number of aliphatic hydroxyl groups excluding tert-OH is 1. The van der Waals surface area contributed by atoms with E-state index in [9.17, 15) is 18.3 Å². The predicted molar refractivity (Wildman–Crippen MR) is 68.3 cm³/mol. The molecule has 2 unspecified atom stereocenters. The summed E-state index contributed by atoms with van der Waals surface area (Å²) in [6, 6.07) is 5.68. The Balaban J connectivity index is 1.91. The number of aliphatic hydroxyl groups is 1. The predicted octanol–water partition coefficient (Wildman–Crippen LogP) is 3.24. The summed E-state index contributed by atoms with van der Waals surface area (Å²) in [4.78, 5) is 0. The van der Waals surface area contributed by atoms with Crippen LogP contribution in [0.15, 0.2) is 24.3 Å². The molecule has 2 nitrogen and oxygen atoms in total. The van der Waals surface area contributed by atoms with Crippen LogP contribution < -0.4 is 4.74 Å². The molecule has 0 bridgehead atoms. The maximum atomic E-state index is 12.0. The van der Waals surface area contributed by atoms with Crippen molar-refractivity contribution in [2.75, 3.05) is 11.5 Å². The van der Waals surface area contributed by atoms with Crippen molar-refractivity contribution >= 4 is 11.8 Å². The Hall–Kier alpha value is -0.880. The van der Waals surface area contributed by atoms with Gasteiger partial charge >= 0.3 is 6.36 Å². The standard InChI is InChI=1S/C13H15F3O2S/c14-13(15,16)18-11-3-1-9(2-4-11)7-12(17)10-5-6-19-8-10/h1-4,10,12,17H,5-8H2. The van der Waals surface area contributed by atoms with Crippen molar-refractivity contribution in [1.29, 1.82) is 0 Å². The van der Waals surface area contributed by atoms with Gasteiger partial charge in [-0.15, -0.1) is 13.2 Å². The third kappa shape index (κ3) is 4.62. The van der Waals surface area contributed by atoms with Gasteiger partial charge in [-0.25, -0.2) is 0 Å². The smallest absolute Gasteiger partial charge is 0.406 e. The largest absolute Gasteiger partial charge is 0.573 e. The summed E-state index contributed by atoms with van der Waals surface area (Å²) < 4.78 is 39.8. The fourth-order valence-electron chi connectivity index (χ4n) is 2.09. The molecule has 2 atom stereocenters. The summed E-state index contributed by atoms with van der Waals surface area (Å²) in [6.45, 7) is 0. The molecule has 0 spiro atoms. The Labute approximate surface area is 114 Å². The van der Waals surface area contributed by atoms with Crippen molar-refractivity contribution < 1.29 is 23.0 Å². The molecule has 1 heterocycles. The molecule has 1 N–H and O–H groups in total. The van der Waals surface area contributed by atoms with Crippen LogP contribution in [0.5, 0.6) is 5.75 Å². The molecule has 106 valence electrons. The number of benzene rings is 1. The zero-order valence-electron chi connectivity index (χ0n) is 10.2. The summed E-state index contributed by atoms with van der Waals surface area (Å²) in [5.74, 6) is 2.08. The van der Waals surface area contributed by atoms with Gasteiger partial charge in [0.2, 0.25) is 0 Å². The molecule has 6 heteroatoms. The van der Waals surface area contributed by atoms with Crippen LogP contribution in [0.1, 0.15) is 12.0 Å². The third-order valence-electron chi connectivity index (χ3n) is 3.11. The van der Waals surface area contributed by atoms with Gasteiger partial charge in [0.05, 0.1) is 6.10 Å². The van der Waals surface area contributed by atoms with Gasteiger partial charge in [0.15, 0.2) is 0 Å². The highest BCUT2D eigenvalue weighted by atomic mass is 32.2. The first-order valence-corrected chi connectivity index (χ1v) is 7.20. The number of ether oxygens (including phenoxy) is 1. The lowest BCUT2D eigenvalue weighted by Gasteiger charge is -2.17. The summed E-state index contributed by atoms with van der Waals surface area (Å²) in [6.07, 6.45) is -3.62. The lowest BCUT2D eigenvalue weighted by molar-refractivity contribution is -0.274. The van der Waals surface area contributed by atoms with Crippen LogP contribution in [0, 0.1) is 5.92 Å². The molecular formula is C13H15F3O2S. The van der Waals surface area contributed by atoms with Gasteiger partial charge in [0.25, 0.3) is 0 Å². The second-order valence-corrected chi connectivity index (χ2v) is 5.74. The zero-order valence-corrected chi connectivity index (χ0v) is 11.0. The molecule has 1 aromatic carbocycles. The Bertz CT molecular complexity index is 399. The van der Waals surface area contributed by atoms with E-state index in [0.717, 1.165) is 23.5 Å². The topological polar surface area (TPSA) is 29.5 Å². The maximum Gasteiger partial charge on any atom is 0.573 e. The van der Waals surface area contributed by atoms with E-state index in [1.807, 2.05) is 11.8 Å². The number of rotatable bonds is 4. The van der Waals surface area contributed by atoms with Gasteiger partial charge in [-0.05, 0) is 48.0 Å². The Kier molecular flexibility index (Phi) is 4.62. The molecule has 0 aromatic heterocycles. The molecule has 19 heavy (non-hydrogen) atoms. The minimum Gasteiger partial charge on any atom is -0.406 e. The summed E-state index contributed by atoms with van der Waals surface area (Å²) in [5.41, 5.74) is 0.818. The van der Waals surface area contributed by atoms with Gasteiger partial charge < -0.3 is 9.84 Å². The van der Waals surface area contributed by atoms with Crippen LogP contribution in [0.4, 0.5) is 13.2 Å². The first kappa shape index (κ1) is 14.5. The molecule has 2 rings (SSSR count). The van der Waals surface area contributed by atoms with E-state index < -0.39 is 12.5 Å². The van der Waals surface area contributed by atoms with Crippen LogP contribution in [0.3, 0.4) is 0 Å². The monoisotopic (exact) mass is 292 g/mol. The van der Waals surface area contributed by atoms with Gasteiger partial charge in [0.1, 0.15) is 5.75 Å². The maximum absolute atomic E-state index is 12.0. The van der Waals surface area contributed by atoms with Crippen LogP contribution in [0.2, 0.25) is 0 Å². The van der Waals surface area contributed by atoms with E-state index in [2.05, 4.69) is 4.74 Å². The minimum absolute atomic E-state index is 0.234. The van der Waals surface area contributed by atoms with E-state index >= 15 is 0 Å². The Morgan fingerprint density at radius 3 is 2.53 bits per heavy atom. The SMILES string of the molecule is OC(Cc1ccc(OC(F)(F)F)cc1)C1CCSC1. The number of halogens is 3. The molecule has 0 amide bonds. The number of alkyl halides is 3. The fraction of sp³-hybridized carbons (Fsp3) is 0.538. The molecule has 1 aromatic rings. The van der Waals surface area contributed by atoms with Crippen molar-refractivity contribution in [3.63, 3.8) is 0 Å². The van der Waals surface area contributed by atoms with Crippen molar-refractivity contribution in [3.05, 3.63) is 29.8 Å². The molecule has 1 aliphatic rings. The summed E-state index contributed by atoms with van der Waals surface area (Å²) >= 11 is 1.82. The molecule has 0 radical (unpaired) electrons. The van der Waals surface area contributed by atoms with E-state index in [0.29, 0.717) is 6.42 Å². The van der Waals surface area contributed by atoms with Gasteiger partial charge in [-0.3, -0.25) is 0 Å². The normalized spacial score (nSPS) is 21.4. The van der Waals surface area contributed by atoms with Crippen molar-refractivity contribution in [3.8, 4) is 5.75 Å². The van der Waals surface area contributed by atoms with Gasteiger partial charge in [0, 0.05) is 0 Å². The van der Waals surface area contributed by atoms with Crippen molar-refractivity contribution in [2.24, 2.45) is 5.92 Å². The van der Waals surface area contributed by atoms with E-state index in [1.165, 1.54) is 12.1 Å². The zero-order chi connectivity index (χ0) is 13.9. The average Bonchev–Trinajstić information content (AvgIpc) is 2.83. The molecule has 1 saturated heterocycles. The quantitative estimate of drug-likeness (QED) is 0.924. The highest BCUT2D eigenvalue weighted by molar-refractivity contribution is 7.99. The summed E-state index contributed by atoms with van der Waals surface area (Å²) in [5, 5.41) is 10.0. The lowest BCUT2D eigenvalue weighted by Crippen LogP contribution is -2.22. The second kappa shape index (κ2) is 6.05. The minimum atomic E-state index is -4.66. The highest BCUT2D eigenvalue weighted by Gasteiger charge is 2.31. The molecule has 1 fully saturated rings. The number of hydrogen-bond donors (Lipinski definition) is 1. The molecule has 1 aliphatic heterocycles. The first-order valence-electron chi connectivity index (χ1n) is 6.04. The second-order valence-electron chi connectivity index (χ2n) is 4.59. The van der Waals surface area contributed by atoms with Crippen LogP contribution >= 0.6 is 11.8 Å². The van der Waals surface area contributed by atoms with Crippen LogP contribution in [-0.4, -0.2) is 29.1 Å². The van der Waals surface area contributed by atoms with Gasteiger partial charge in [-0.2, -0.15) is 11.8 Å². The van der Waals surface area contributed by atoms with E-state index in [1.54, 1.807) is 12.1 Å². The van der Waals surface area contributed by atoms with Crippen LogP contribution in [-0.2, 0) is 6.42 Å². The molecule has 0 saturated carbocycles. The summed E-state index contributed by atoms with van der Waals surface area (Å²) in [7, 11) is 0. The number of hydrogen-bond acceptors (Lipinski definition) is 3. The van der Waals surface area contributed by atoms with Crippen molar-refractivity contribution in [1.82, 2.24) is 0 Å². The average molecular weight is 292 g/mol. The molecule has 0 aliphatic carbocycles. The lowest BCUT2D eigenvalue weighted by atomic mass is 9.96. The Morgan fingerprint density at radius 1 is 1.32 bits per heavy atom.